The molecule has 0 saturated carbocycles. The van der Waals surface area contributed by atoms with Crippen LogP contribution in [-0.4, -0.2) is 23.3 Å². The maximum absolute atomic E-state index is 11.5. The van der Waals surface area contributed by atoms with Crippen LogP contribution in [0.25, 0.3) is 0 Å². The van der Waals surface area contributed by atoms with Gasteiger partial charge in [0.05, 0.1) is 17.2 Å². The fourth-order valence-corrected chi connectivity index (χ4v) is 1.20. The summed E-state index contributed by atoms with van der Waals surface area (Å²) >= 11 is 0. The van der Waals surface area contributed by atoms with Crippen LogP contribution in [0, 0.1) is 11.3 Å². The van der Waals surface area contributed by atoms with Crippen LogP contribution in [0.3, 0.4) is 0 Å². The van der Waals surface area contributed by atoms with Crippen LogP contribution >= 0.6 is 0 Å². The van der Waals surface area contributed by atoms with Crippen molar-refractivity contribution in [2.24, 2.45) is 0 Å². The zero-order valence-electron chi connectivity index (χ0n) is 10.5. The molecule has 1 rings (SSSR count). The number of aliphatic hydroxyl groups is 1. The van der Waals surface area contributed by atoms with Gasteiger partial charge in [0.15, 0.2) is 0 Å². The highest BCUT2D eigenvalue weighted by Gasteiger charge is 2.18. The number of rotatable bonds is 4. The molecule has 5 heteroatoms. The van der Waals surface area contributed by atoms with E-state index in [0.717, 1.165) is 0 Å². The highest BCUT2D eigenvalue weighted by Crippen LogP contribution is 2.09. The van der Waals surface area contributed by atoms with Gasteiger partial charge in [-0.3, -0.25) is 0 Å². The highest BCUT2D eigenvalue weighted by molar-refractivity contribution is 5.89. The number of carbonyl (C=O) groups is 1. The van der Waals surface area contributed by atoms with Gasteiger partial charge in [-0.05, 0) is 37.6 Å². The molecule has 1 aromatic rings. The third-order valence-corrected chi connectivity index (χ3v) is 2.66. The monoisotopic (exact) mass is 247 g/mol. The number of benzene rings is 1. The number of nitrogens with one attached hydrogen (secondary N) is 2. The summed E-state index contributed by atoms with van der Waals surface area (Å²) in [6.45, 7) is 3.70. The summed E-state index contributed by atoms with van der Waals surface area (Å²) in [6.07, 6.45) is 0.560. The topological polar surface area (TPSA) is 85.2 Å². The maximum atomic E-state index is 11.5. The van der Waals surface area contributed by atoms with Crippen molar-refractivity contribution < 1.29 is 9.90 Å². The number of hydrogen-bond acceptors (Lipinski definition) is 3. The van der Waals surface area contributed by atoms with Crippen molar-refractivity contribution in [1.82, 2.24) is 5.32 Å². The van der Waals surface area contributed by atoms with E-state index in [1.54, 1.807) is 31.2 Å². The normalized spacial score (nSPS) is 13.2. The van der Waals surface area contributed by atoms with Crippen LogP contribution in [0.1, 0.15) is 25.8 Å². The van der Waals surface area contributed by atoms with Crippen molar-refractivity contribution in [2.45, 2.75) is 25.9 Å². The first kappa shape index (κ1) is 14.0. The molecule has 0 aromatic heterocycles. The van der Waals surface area contributed by atoms with Gasteiger partial charge in [-0.15, -0.1) is 0 Å². The van der Waals surface area contributed by atoms with E-state index >= 15 is 0 Å². The van der Waals surface area contributed by atoms with Crippen molar-refractivity contribution in [2.75, 3.05) is 11.9 Å². The second-order valence-corrected chi connectivity index (χ2v) is 4.35. The SMILES string of the molecule is CC[C@@](C)(O)CNC(=O)Nc1ccc(C#N)cc1. The quantitative estimate of drug-likeness (QED) is 0.759. The maximum Gasteiger partial charge on any atom is 0.319 e. The second-order valence-electron chi connectivity index (χ2n) is 4.35. The van der Waals surface area contributed by atoms with Gasteiger partial charge in [0.2, 0.25) is 0 Å². The van der Waals surface area contributed by atoms with Crippen molar-refractivity contribution >= 4 is 11.7 Å². The van der Waals surface area contributed by atoms with Crippen molar-refractivity contribution in [1.29, 1.82) is 5.26 Å². The summed E-state index contributed by atoms with van der Waals surface area (Å²) in [6, 6.07) is 8.16. The molecular weight excluding hydrogens is 230 g/mol. The Morgan fingerprint density at radius 3 is 2.56 bits per heavy atom. The van der Waals surface area contributed by atoms with Crippen LogP contribution in [0.5, 0.6) is 0 Å². The van der Waals surface area contributed by atoms with Gasteiger partial charge in [-0.25, -0.2) is 4.79 Å². The van der Waals surface area contributed by atoms with E-state index in [1.165, 1.54) is 0 Å². The number of hydrogen-bond donors (Lipinski definition) is 3. The van der Waals surface area contributed by atoms with Gasteiger partial charge in [-0.2, -0.15) is 5.26 Å². The van der Waals surface area contributed by atoms with Crippen molar-refractivity contribution in [3.8, 4) is 6.07 Å². The summed E-state index contributed by atoms with van der Waals surface area (Å²) in [4.78, 5) is 11.5. The minimum absolute atomic E-state index is 0.186. The lowest BCUT2D eigenvalue weighted by atomic mass is 10.0. The minimum atomic E-state index is -0.901. The summed E-state index contributed by atoms with van der Waals surface area (Å²) in [5.74, 6) is 0. The largest absolute Gasteiger partial charge is 0.388 e. The zero-order valence-corrected chi connectivity index (χ0v) is 10.5. The van der Waals surface area contributed by atoms with E-state index in [1.807, 2.05) is 13.0 Å². The molecular formula is C13H17N3O2. The first-order chi connectivity index (χ1) is 8.46. The molecule has 3 N–H and O–H groups in total. The molecule has 1 atom stereocenters. The molecule has 0 bridgehead atoms. The molecule has 0 fully saturated rings. The van der Waals surface area contributed by atoms with Crippen molar-refractivity contribution in [3.63, 3.8) is 0 Å². The van der Waals surface area contributed by atoms with Gasteiger partial charge in [0, 0.05) is 12.2 Å². The van der Waals surface area contributed by atoms with E-state index < -0.39 is 5.60 Å². The molecule has 0 spiro atoms. The average Bonchev–Trinajstić information content (AvgIpc) is 2.37. The van der Waals surface area contributed by atoms with E-state index in [0.29, 0.717) is 17.7 Å². The molecule has 96 valence electrons. The standard InChI is InChI=1S/C13H17N3O2/c1-3-13(2,18)9-15-12(17)16-11-6-4-10(8-14)5-7-11/h4-7,18H,3,9H2,1-2H3,(H2,15,16,17)/t13-/m1/s1. The lowest BCUT2D eigenvalue weighted by Crippen LogP contribution is -2.41. The smallest absolute Gasteiger partial charge is 0.319 e. The average molecular weight is 247 g/mol. The van der Waals surface area contributed by atoms with Crippen LogP contribution in [0.15, 0.2) is 24.3 Å². The van der Waals surface area contributed by atoms with Gasteiger partial charge in [-0.1, -0.05) is 6.92 Å². The molecule has 1 aromatic carbocycles. The second kappa shape index (κ2) is 6.03. The lowest BCUT2D eigenvalue weighted by molar-refractivity contribution is 0.0587. The Morgan fingerprint density at radius 2 is 2.06 bits per heavy atom. The number of carbonyl (C=O) groups excluding carboxylic acids is 1. The molecule has 0 heterocycles. The summed E-state index contributed by atoms with van der Waals surface area (Å²) in [5, 5.41) is 23.6. The van der Waals surface area contributed by atoms with E-state index in [-0.39, 0.29) is 12.6 Å². The minimum Gasteiger partial charge on any atom is -0.388 e. The number of amides is 2. The van der Waals surface area contributed by atoms with Gasteiger partial charge >= 0.3 is 6.03 Å². The summed E-state index contributed by atoms with van der Waals surface area (Å²) in [5.41, 5.74) is 0.236. The lowest BCUT2D eigenvalue weighted by Gasteiger charge is -2.21. The fourth-order valence-electron chi connectivity index (χ4n) is 1.20. The number of nitrogens with zero attached hydrogens (tertiary/aromatic N) is 1. The van der Waals surface area contributed by atoms with Crippen LogP contribution in [0.4, 0.5) is 10.5 Å². The molecule has 0 saturated heterocycles. The Bertz CT molecular complexity index is 446. The first-order valence-electron chi connectivity index (χ1n) is 5.74. The number of anilines is 1. The Balaban J connectivity index is 2.47. The van der Waals surface area contributed by atoms with Gasteiger partial charge < -0.3 is 15.7 Å². The Morgan fingerprint density at radius 1 is 1.44 bits per heavy atom. The summed E-state index contributed by atoms with van der Waals surface area (Å²) < 4.78 is 0. The third kappa shape index (κ3) is 4.44. The predicted molar refractivity (Wildman–Crippen MR) is 69.1 cm³/mol. The van der Waals surface area contributed by atoms with Crippen molar-refractivity contribution in [3.05, 3.63) is 29.8 Å². The first-order valence-corrected chi connectivity index (χ1v) is 5.74. The van der Waals surface area contributed by atoms with Crippen LogP contribution < -0.4 is 10.6 Å². The highest BCUT2D eigenvalue weighted by atomic mass is 16.3. The fraction of sp³-hybridized carbons (Fsp3) is 0.385. The molecule has 5 nitrogen and oxygen atoms in total. The molecule has 0 radical (unpaired) electrons. The Hall–Kier alpha value is -2.06. The van der Waals surface area contributed by atoms with E-state index in [9.17, 15) is 9.90 Å². The predicted octanol–water partition coefficient (Wildman–Crippen LogP) is 1.84. The molecule has 2 amide bonds. The molecule has 18 heavy (non-hydrogen) atoms. The Kier molecular flexibility index (Phi) is 4.69. The molecule has 0 unspecified atom stereocenters. The van der Waals surface area contributed by atoms with Gasteiger partial charge in [0.1, 0.15) is 0 Å². The molecule has 0 aliphatic rings. The number of urea groups is 1. The Labute approximate surface area is 106 Å². The number of nitriles is 1. The zero-order chi connectivity index (χ0) is 13.6. The molecule has 0 aliphatic heterocycles. The van der Waals surface area contributed by atoms with Crippen LogP contribution in [-0.2, 0) is 0 Å². The summed E-state index contributed by atoms with van der Waals surface area (Å²) in [7, 11) is 0. The van der Waals surface area contributed by atoms with E-state index in [4.69, 9.17) is 5.26 Å². The third-order valence-electron chi connectivity index (χ3n) is 2.66. The molecule has 0 aliphatic carbocycles. The van der Waals surface area contributed by atoms with Crippen LogP contribution in [0.2, 0.25) is 0 Å². The van der Waals surface area contributed by atoms with Gasteiger partial charge in [0.25, 0.3) is 0 Å². The van der Waals surface area contributed by atoms with E-state index in [2.05, 4.69) is 10.6 Å².